The van der Waals surface area contributed by atoms with Gasteiger partial charge in [-0.3, -0.25) is 14.4 Å². The second-order valence-corrected chi connectivity index (χ2v) is 6.76. The summed E-state index contributed by atoms with van der Waals surface area (Å²) in [6, 6.07) is 15.0. The van der Waals surface area contributed by atoms with Gasteiger partial charge in [-0.1, -0.05) is 64.5 Å². The van der Waals surface area contributed by atoms with Crippen molar-refractivity contribution in [2.75, 3.05) is 0 Å². The van der Waals surface area contributed by atoms with Crippen LogP contribution in [0.2, 0.25) is 0 Å². The Morgan fingerprint density at radius 3 is 2.43 bits per heavy atom. The number of aliphatic carboxylic acids is 1. The SMILES string of the molecule is C[C@H](NC(=O)/C(=C/C=C/c1ccccc1)NC(=O)c1cccc(Br)c1)C(=O)O. The Balaban J connectivity index is 2.23. The first-order valence-corrected chi connectivity index (χ1v) is 9.20. The number of amides is 2. The summed E-state index contributed by atoms with van der Waals surface area (Å²) in [7, 11) is 0. The third kappa shape index (κ3) is 6.51. The second kappa shape index (κ2) is 10.2. The molecule has 144 valence electrons. The molecule has 1 atom stereocenters. The quantitative estimate of drug-likeness (QED) is 0.452. The van der Waals surface area contributed by atoms with Crippen LogP contribution in [0.25, 0.3) is 6.08 Å². The Bertz CT molecular complexity index is 923. The number of carboxylic acids is 1. The van der Waals surface area contributed by atoms with Gasteiger partial charge in [-0.05, 0) is 36.8 Å². The summed E-state index contributed by atoms with van der Waals surface area (Å²) in [5, 5.41) is 13.9. The van der Waals surface area contributed by atoms with E-state index >= 15 is 0 Å². The van der Waals surface area contributed by atoms with Gasteiger partial charge in [-0.25, -0.2) is 0 Å². The van der Waals surface area contributed by atoms with Gasteiger partial charge >= 0.3 is 5.97 Å². The van der Waals surface area contributed by atoms with E-state index in [-0.39, 0.29) is 5.70 Å². The number of carbonyl (C=O) groups is 3. The molecule has 0 spiro atoms. The van der Waals surface area contributed by atoms with Crippen LogP contribution in [-0.4, -0.2) is 28.9 Å². The Morgan fingerprint density at radius 1 is 1.07 bits per heavy atom. The Hall–Kier alpha value is -3.19. The molecule has 2 rings (SSSR count). The summed E-state index contributed by atoms with van der Waals surface area (Å²) in [4.78, 5) is 35.9. The normalized spacial score (nSPS) is 12.4. The molecule has 2 aromatic rings. The Kier molecular flexibility index (Phi) is 7.71. The van der Waals surface area contributed by atoms with Gasteiger partial charge in [0.15, 0.2) is 0 Å². The standard InChI is InChI=1S/C21H19BrN2O4/c1-14(21(27)28)23-20(26)18(12-5-9-15-7-3-2-4-8-15)24-19(25)16-10-6-11-17(22)13-16/h2-14H,1H3,(H,23,26)(H,24,25)(H,27,28)/b9-5+,18-12-/t14-/m0/s1. The lowest BCUT2D eigenvalue weighted by Gasteiger charge is -2.13. The molecule has 7 heteroatoms. The number of hydrogen-bond donors (Lipinski definition) is 3. The number of halogens is 1. The number of nitrogens with one attached hydrogen (secondary N) is 2. The molecule has 0 aromatic heterocycles. The number of hydrogen-bond acceptors (Lipinski definition) is 3. The molecule has 0 saturated carbocycles. The molecule has 2 amide bonds. The molecule has 0 heterocycles. The van der Waals surface area contributed by atoms with E-state index in [1.165, 1.54) is 13.0 Å². The minimum Gasteiger partial charge on any atom is -0.480 e. The number of carboxylic acid groups (broad SMARTS) is 1. The first kappa shape index (κ1) is 21.1. The molecule has 0 fully saturated rings. The minimum atomic E-state index is -1.18. The lowest BCUT2D eigenvalue weighted by atomic mass is 10.2. The predicted molar refractivity (Wildman–Crippen MR) is 110 cm³/mol. The maximum Gasteiger partial charge on any atom is 0.325 e. The zero-order chi connectivity index (χ0) is 20.5. The molecule has 6 nitrogen and oxygen atoms in total. The van der Waals surface area contributed by atoms with Crippen molar-refractivity contribution in [1.29, 1.82) is 0 Å². The van der Waals surface area contributed by atoms with Crippen LogP contribution < -0.4 is 10.6 Å². The smallest absolute Gasteiger partial charge is 0.325 e. The summed E-state index contributed by atoms with van der Waals surface area (Å²) in [5.41, 5.74) is 1.20. The average molecular weight is 443 g/mol. The molecule has 0 unspecified atom stereocenters. The monoisotopic (exact) mass is 442 g/mol. The minimum absolute atomic E-state index is 0.0646. The fourth-order valence-corrected chi connectivity index (χ4v) is 2.55. The largest absolute Gasteiger partial charge is 0.480 e. The first-order chi connectivity index (χ1) is 13.4. The van der Waals surface area contributed by atoms with E-state index in [4.69, 9.17) is 5.11 Å². The summed E-state index contributed by atoms with van der Waals surface area (Å²) in [6.07, 6.45) is 4.79. The third-order valence-electron chi connectivity index (χ3n) is 3.65. The second-order valence-electron chi connectivity index (χ2n) is 5.85. The lowest BCUT2D eigenvalue weighted by molar-refractivity contribution is -0.140. The van der Waals surface area contributed by atoms with Crippen molar-refractivity contribution in [3.8, 4) is 0 Å². The number of allylic oxidation sites excluding steroid dienone is 2. The first-order valence-electron chi connectivity index (χ1n) is 8.41. The molecule has 0 aliphatic rings. The van der Waals surface area contributed by atoms with Gasteiger partial charge in [0.2, 0.25) is 0 Å². The van der Waals surface area contributed by atoms with Crippen LogP contribution in [0.1, 0.15) is 22.8 Å². The Morgan fingerprint density at radius 2 is 1.79 bits per heavy atom. The fraction of sp³-hybridized carbons (Fsp3) is 0.0952. The zero-order valence-electron chi connectivity index (χ0n) is 15.1. The predicted octanol–water partition coefficient (Wildman–Crippen LogP) is 3.37. The number of benzene rings is 2. The molecule has 0 radical (unpaired) electrons. The van der Waals surface area contributed by atoms with Gasteiger partial charge in [0.05, 0.1) is 0 Å². The molecular formula is C21H19BrN2O4. The van der Waals surface area contributed by atoms with Gasteiger partial charge in [-0.2, -0.15) is 0 Å². The van der Waals surface area contributed by atoms with Gasteiger partial charge in [0, 0.05) is 10.0 Å². The van der Waals surface area contributed by atoms with E-state index in [0.29, 0.717) is 5.56 Å². The van der Waals surface area contributed by atoms with Gasteiger partial charge < -0.3 is 15.7 Å². The molecule has 0 aliphatic heterocycles. The van der Waals surface area contributed by atoms with Crippen LogP contribution >= 0.6 is 15.9 Å². The van der Waals surface area contributed by atoms with Crippen molar-refractivity contribution in [2.45, 2.75) is 13.0 Å². The highest BCUT2D eigenvalue weighted by Gasteiger charge is 2.19. The molecule has 3 N–H and O–H groups in total. The van der Waals surface area contributed by atoms with Crippen LogP contribution in [0.4, 0.5) is 0 Å². The van der Waals surface area contributed by atoms with Crippen LogP contribution in [0.5, 0.6) is 0 Å². The summed E-state index contributed by atoms with van der Waals surface area (Å²) in [6.45, 7) is 1.34. The van der Waals surface area contributed by atoms with Crippen molar-refractivity contribution in [3.05, 3.63) is 88.0 Å². The van der Waals surface area contributed by atoms with Crippen LogP contribution in [0, 0.1) is 0 Å². The Labute approximate surface area is 171 Å². The van der Waals surface area contributed by atoms with Gasteiger partial charge in [0.25, 0.3) is 11.8 Å². The van der Waals surface area contributed by atoms with Gasteiger partial charge in [-0.15, -0.1) is 0 Å². The number of rotatable bonds is 7. The summed E-state index contributed by atoms with van der Waals surface area (Å²) >= 11 is 3.29. The van der Waals surface area contributed by atoms with Crippen molar-refractivity contribution in [3.63, 3.8) is 0 Å². The molecule has 0 bridgehead atoms. The van der Waals surface area contributed by atoms with Crippen molar-refractivity contribution in [2.24, 2.45) is 0 Å². The third-order valence-corrected chi connectivity index (χ3v) is 4.14. The highest BCUT2D eigenvalue weighted by Crippen LogP contribution is 2.12. The van der Waals surface area contributed by atoms with Crippen molar-refractivity contribution >= 4 is 39.8 Å². The summed E-state index contributed by atoms with van der Waals surface area (Å²) < 4.78 is 0.721. The van der Waals surface area contributed by atoms with E-state index in [9.17, 15) is 14.4 Å². The lowest BCUT2D eigenvalue weighted by Crippen LogP contribution is -2.42. The maximum atomic E-state index is 12.5. The van der Waals surface area contributed by atoms with Crippen molar-refractivity contribution < 1.29 is 19.5 Å². The van der Waals surface area contributed by atoms with E-state index < -0.39 is 23.8 Å². The van der Waals surface area contributed by atoms with E-state index in [1.54, 1.807) is 36.4 Å². The molecule has 2 aromatic carbocycles. The van der Waals surface area contributed by atoms with E-state index in [0.717, 1.165) is 10.0 Å². The topological polar surface area (TPSA) is 95.5 Å². The molecule has 0 aliphatic carbocycles. The summed E-state index contributed by atoms with van der Waals surface area (Å²) in [5.74, 6) is -2.36. The van der Waals surface area contributed by atoms with Crippen LogP contribution in [-0.2, 0) is 9.59 Å². The van der Waals surface area contributed by atoms with Crippen LogP contribution in [0.15, 0.2) is 76.9 Å². The van der Waals surface area contributed by atoms with Crippen molar-refractivity contribution in [1.82, 2.24) is 10.6 Å². The fourth-order valence-electron chi connectivity index (χ4n) is 2.15. The van der Waals surface area contributed by atoms with Gasteiger partial charge in [0.1, 0.15) is 11.7 Å². The maximum absolute atomic E-state index is 12.5. The molecule has 0 saturated heterocycles. The number of carbonyl (C=O) groups excluding carboxylic acids is 2. The highest BCUT2D eigenvalue weighted by molar-refractivity contribution is 9.10. The molecular weight excluding hydrogens is 424 g/mol. The van der Waals surface area contributed by atoms with E-state index in [2.05, 4.69) is 26.6 Å². The zero-order valence-corrected chi connectivity index (χ0v) is 16.6. The average Bonchev–Trinajstić information content (AvgIpc) is 2.67. The molecule has 28 heavy (non-hydrogen) atoms. The van der Waals surface area contributed by atoms with Crippen LogP contribution in [0.3, 0.4) is 0 Å². The van der Waals surface area contributed by atoms with E-state index in [1.807, 2.05) is 30.3 Å². The highest BCUT2D eigenvalue weighted by atomic mass is 79.9.